The highest BCUT2D eigenvalue weighted by Crippen LogP contribution is 2.38. The van der Waals surface area contributed by atoms with Gasteiger partial charge in [0.2, 0.25) is 5.91 Å². The van der Waals surface area contributed by atoms with Crippen LogP contribution in [0.5, 0.6) is 0 Å². The lowest BCUT2D eigenvalue weighted by atomic mass is 10.0. The first-order valence-electron chi connectivity index (χ1n) is 37.2. The summed E-state index contributed by atoms with van der Waals surface area (Å²) >= 11 is 0. The molecule has 0 aromatic heterocycles. The largest absolute Gasteiger partial charge is 0.756 e. The smallest absolute Gasteiger partial charge is 0.268 e. The zero-order valence-electron chi connectivity index (χ0n) is 59.0. The summed E-state index contributed by atoms with van der Waals surface area (Å²) in [6.07, 6.45) is 106. The Morgan fingerprint density at radius 2 is 0.678 bits per heavy atom. The van der Waals surface area contributed by atoms with E-state index >= 15 is 0 Å². The highest BCUT2D eigenvalue weighted by Gasteiger charge is 2.24. The lowest BCUT2D eigenvalue weighted by Crippen LogP contribution is -2.46. The van der Waals surface area contributed by atoms with Crippen molar-refractivity contribution in [3.63, 3.8) is 0 Å². The minimum Gasteiger partial charge on any atom is -0.756 e. The van der Waals surface area contributed by atoms with Crippen molar-refractivity contribution in [2.75, 3.05) is 40.9 Å². The number of aliphatic hydroxyl groups excluding tert-OH is 1. The molecule has 1 amide bonds. The summed E-state index contributed by atoms with van der Waals surface area (Å²) in [5.74, 6) is -0.191. The van der Waals surface area contributed by atoms with Crippen molar-refractivity contribution in [2.24, 2.45) is 0 Å². The highest BCUT2D eigenvalue weighted by atomic mass is 31.2. The van der Waals surface area contributed by atoms with Gasteiger partial charge in [-0.3, -0.25) is 9.36 Å². The van der Waals surface area contributed by atoms with Crippen LogP contribution in [0.25, 0.3) is 0 Å². The number of likely N-dealkylation sites (N-methyl/N-ethyl adjacent to an activating group) is 1. The van der Waals surface area contributed by atoms with Gasteiger partial charge in [-0.15, -0.1) is 0 Å². The number of hydrogen-bond donors (Lipinski definition) is 2. The Hall–Kier alpha value is -3.62. The number of phosphoric acid groups is 1. The van der Waals surface area contributed by atoms with Gasteiger partial charge >= 0.3 is 0 Å². The zero-order chi connectivity index (χ0) is 65.5. The van der Waals surface area contributed by atoms with Crippen LogP contribution in [-0.4, -0.2) is 68.5 Å². The van der Waals surface area contributed by atoms with Gasteiger partial charge in [-0.05, 0) is 103 Å². The van der Waals surface area contributed by atoms with Gasteiger partial charge in [0.15, 0.2) is 0 Å². The fourth-order valence-corrected chi connectivity index (χ4v) is 11.1. The molecule has 8 nitrogen and oxygen atoms in total. The first kappa shape index (κ1) is 86.4. The summed E-state index contributed by atoms with van der Waals surface area (Å²) in [5, 5.41) is 14.1. The second-order valence-corrected chi connectivity index (χ2v) is 27.3. The van der Waals surface area contributed by atoms with Crippen LogP contribution in [0.2, 0.25) is 0 Å². The fourth-order valence-electron chi connectivity index (χ4n) is 10.4. The lowest BCUT2D eigenvalue weighted by Gasteiger charge is -2.30. The average Bonchev–Trinajstić information content (AvgIpc) is 3.09. The molecule has 9 heteroatoms. The molecule has 0 heterocycles. The van der Waals surface area contributed by atoms with E-state index < -0.39 is 20.0 Å². The van der Waals surface area contributed by atoms with Crippen LogP contribution in [-0.2, 0) is 18.4 Å². The topological polar surface area (TPSA) is 108 Å². The first-order valence-corrected chi connectivity index (χ1v) is 38.6. The quantitative estimate of drug-likeness (QED) is 0.0272. The van der Waals surface area contributed by atoms with Gasteiger partial charge in [0.05, 0.1) is 39.9 Å². The summed E-state index contributed by atoms with van der Waals surface area (Å²) < 4.78 is 23.5. The van der Waals surface area contributed by atoms with Gasteiger partial charge in [-0.25, -0.2) is 0 Å². The minimum absolute atomic E-state index is 0.0000532. The molecule has 0 aliphatic heterocycles. The predicted octanol–water partition coefficient (Wildman–Crippen LogP) is 23.7. The van der Waals surface area contributed by atoms with Crippen LogP contribution in [0.4, 0.5) is 0 Å². The van der Waals surface area contributed by atoms with Crippen molar-refractivity contribution >= 4 is 13.7 Å². The molecule has 3 atom stereocenters. The molecule has 0 aromatic rings. The molecule has 0 rings (SSSR count). The summed E-state index contributed by atoms with van der Waals surface area (Å²) in [4.78, 5) is 25.7. The van der Waals surface area contributed by atoms with E-state index in [0.717, 1.165) is 128 Å². The van der Waals surface area contributed by atoms with Crippen LogP contribution in [0.3, 0.4) is 0 Å². The third-order valence-corrected chi connectivity index (χ3v) is 17.1. The number of carbonyl (C=O) groups excluding carboxylic acids is 1. The summed E-state index contributed by atoms with van der Waals surface area (Å²) in [5.41, 5.74) is 0. The summed E-state index contributed by atoms with van der Waals surface area (Å²) in [6.45, 7) is 4.61. The Bertz CT molecular complexity index is 1980. The molecule has 0 aliphatic rings. The molecule has 0 aromatic carbocycles. The number of unbranched alkanes of at least 4 members (excludes halogenated alkanes) is 30. The summed E-state index contributed by atoms with van der Waals surface area (Å²) in [7, 11) is 1.27. The zero-order valence-corrected chi connectivity index (χ0v) is 59.9. The molecule has 516 valence electrons. The minimum atomic E-state index is -4.60. The van der Waals surface area contributed by atoms with Gasteiger partial charge < -0.3 is 28.8 Å². The van der Waals surface area contributed by atoms with E-state index in [1.54, 1.807) is 0 Å². The van der Waals surface area contributed by atoms with Gasteiger partial charge in [0.1, 0.15) is 13.2 Å². The van der Waals surface area contributed by atoms with E-state index in [1.165, 1.54) is 154 Å². The normalized spacial score (nSPS) is 14.4. The van der Waals surface area contributed by atoms with Crippen LogP contribution in [0, 0.1) is 0 Å². The van der Waals surface area contributed by atoms with Crippen molar-refractivity contribution in [3.05, 3.63) is 146 Å². The van der Waals surface area contributed by atoms with Crippen LogP contribution < -0.4 is 10.2 Å². The van der Waals surface area contributed by atoms with Crippen molar-refractivity contribution in [1.29, 1.82) is 0 Å². The van der Waals surface area contributed by atoms with E-state index in [0.29, 0.717) is 23.9 Å². The van der Waals surface area contributed by atoms with Gasteiger partial charge in [-0.1, -0.05) is 346 Å². The number of nitrogens with zero attached hydrogens (tertiary/aromatic N) is 1. The van der Waals surface area contributed by atoms with E-state index in [2.05, 4.69) is 165 Å². The maximum atomic E-state index is 13.1. The maximum Gasteiger partial charge on any atom is 0.268 e. The van der Waals surface area contributed by atoms with Gasteiger partial charge in [0, 0.05) is 6.42 Å². The van der Waals surface area contributed by atoms with Gasteiger partial charge in [0.25, 0.3) is 7.82 Å². The second-order valence-electron chi connectivity index (χ2n) is 25.9. The lowest BCUT2D eigenvalue weighted by molar-refractivity contribution is -0.870. The number of amides is 1. The van der Waals surface area contributed by atoms with Gasteiger partial charge in [-0.2, -0.15) is 0 Å². The molecule has 0 radical (unpaired) electrons. The number of allylic oxidation sites excluding steroid dienone is 24. The van der Waals surface area contributed by atoms with E-state index in [-0.39, 0.29) is 19.1 Å². The Labute approximate surface area is 557 Å². The number of aliphatic hydroxyl groups is 1. The first-order chi connectivity index (χ1) is 44.0. The molecule has 0 fully saturated rings. The molecule has 2 N–H and O–H groups in total. The number of hydrogen-bond acceptors (Lipinski definition) is 6. The van der Waals surface area contributed by atoms with E-state index in [9.17, 15) is 19.4 Å². The van der Waals surface area contributed by atoms with Crippen molar-refractivity contribution in [2.45, 2.75) is 321 Å². The maximum absolute atomic E-state index is 13.1. The monoisotopic (exact) mass is 1270 g/mol. The molecule has 0 aliphatic carbocycles. The molecule has 0 saturated heterocycles. The SMILES string of the molecule is CC/C=C\C/C=C\C/C=C\C/C=C\C/C=C\C/C=C\C/C=C\C/C=C\C/C=C\C/C=C\C/C=C\C/C=C\CCCCCCC(=O)NC(COP(=O)([O-])OCC[N+](C)(C)C)C(O)CCCCCCCCCCCCCCCCCCCCCCCCCCCCC. The Balaban J connectivity index is 4.15. The van der Waals surface area contributed by atoms with Crippen LogP contribution in [0.15, 0.2) is 146 Å². The summed E-state index contributed by atoms with van der Waals surface area (Å²) in [6, 6.07) is -0.827. The molecule has 3 unspecified atom stereocenters. The number of phosphoric ester groups is 1. The fraction of sp³-hybridized carbons (Fsp3) is 0.691. The third kappa shape index (κ3) is 71.8. The predicted molar refractivity (Wildman–Crippen MR) is 394 cm³/mol. The Morgan fingerprint density at radius 1 is 0.400 bits per heavy atom. The molecular formula is C81H141N2O6P. The Kier molecular flexibility index (Phi) is 66.9. The number of rotatable bonds is 67. The molecule has 0 spiro atoms. The Morgan fingerprint density at radius 3 is 0.989 bits per heavy atom. The highest BCUT2D eigenvalue weighted by molar-refractivity contribution is 7.45. The van der Waals surface area contributed by atoms with Crippen molar-refractivity contribution in [3.8, 4) is 0 Å². The van der Waals surface area contributed by atoms with Crippen LogP contribution in [0.1, 0.15) is 309 Å². The van der Waals surface area contributed by atoms with E-state index in [4.69, 9.17) is 9.05 Å². The molecular weight excluding hydrogens is 1130 g/mol. The third-order valence-electron chi connectivity index (χ3n) is 16.1. The molecule has 0 saturated carbocycles. The standard InChI is InChI=1S/C81H141N2O6P/c1-6-8-10-12-14-16-18-20-22-24-26-28-30-32-34-35-36-37-38-39-40-41-42-43-44-45-46-47-49-51-53-55-57-59-61-63-65-67-69-71-73-75-81(85)82-79(78-89-90(86,87)88-77-76-83(3,4)5)80(84)74-72-70-68-66-64-62-60-58-56-54-52-50-48-33-31-29-27-25-23-21-19-17-15-13-11-9-7-2/h8,10,14,16,20,22,26,28,32,34,36-37,39-40,42-43,45-46,49,51,55,57,61,63,79-80,84H,6-7,9,11-13,15,17-19,21,23-25,27,29-31,33,35,38,41,44,47-48,50,52-54,56,58-60,62,64-78H2,1-5H3,(H-,82,85,86,87)/b10-8-,16-14-,22-20-,28-26-,34-32-,37-36-,40-39-,43-42-,46-45-,51-49-,57-55-,63-61-. The molecule has 0 bridgehead atoms. The van der Waals surface area contributed by atoms with Crippen LogP contribution >= 0.6 is 7.82 Å². The number of nitrogens with one attached hydrogen (secondary N) is 1. The van der Waals surface area contributed by atoms with Crippen molar-refractivity contribution < 1.29 is 32.9 Å². The van der Waals surface area contributed by atoms with Crippen molar-refractivity contribution in [1.82, 2.24) is 5.32 Å². The number of carbonyl (C=O) groups is 1. The second kappa shape index (κ2) is 69.7. The average molecular weight is 1270 g/mol. The van der Waals surface area contributed by atoms with E-state index in [1.807, 2.05) is 21.1 Å². The number of quaternary nitrogens is 1. The molecule has 90 heavy (non-hydrogen) atoms.